The maximum atomic E-state index is 11.4. The van der Waals surface area contributed by atoms with Crippen molar-refractivity contribution < 1.29 is 17.9 Å². The predicted molar refractivity (Wildman–Crippen MR) is 51.4 cm³/mol. The van der Waals surface area contributed by atoms with Crippen LogP contribution in [-0.4, -0.2) is 43.6 Å². The van der Waals surface area contributed by atoms with Crippen LogP contribution in [0.3, 0.4) is 0 Å². The third kappa shape index (κ3) is 2.18. The zero-order valence-electron chi connectivity index (χ0n) is 7.77. The van der Waals surface area contributed by atoms with Crippen LogP contribution in [0, 0.1) is 0 Å². The average Bonchev–Trinajstić information content (AvgIpc) is 2.65. The van der Waals surface area contributed by atoms with E-state index in [4.69, 9.17) is 11.6 Å². The minimum absolute atomic E-state index is 0.342. The first kappa shape index (κ1) is 11.7. The number of rotatable bonds is 3. The summed E-state index contributed by atoms with van der Waals surface area (Å²) in [6, 6.07) is -0.691. The minimum atomic E-state index is -3.50. The highest BCUT2D eigenvalue weighted by Gasteiger charge is 2.38. The van der Waals surface area contributed by atoms with E-state index in [1.807, 2.05) is 0 Å². The van der Waals surface area contributed by atoms with Crippen LogP contribution in [0.2, 0.25) is 0 Å². The van der Waals surface area contributed by atoms with Gasteiger partial charge in [0.25, 0.3) is 0 Å². The van der Waals surface area contributed by atoms with Crippen molar-refractivity contribution in [2.45, 2.75) is 18.9 Å². The summed E-state index contributed by atoms with van der Waals surface area (Å²) in [5, 5.41) is -0.500. The number of halogens is 1. The second kappa shape index (κ2) is 4.46. The van der Waals surface area contributed by atoms with Crippen molar-refractivity contribution >= 4 is 27.6 Å². The van der Waals surface area contributed by atoms with Gasteiger partial charge in [-0.05, 0) is 12.8 Å². The van der Waals surface area contributed by atoms with E-state index in [1.165, 1.54) is 7.11 Å². The quantitative estimate of drug-likeness (QED) is 0.521. The fraction of sp³-hybridized carbons (Fsp3) is 0.857. The summed E-state index contributed by atoms with van der Waals surface area (Å²) in [4.78, 5) is 11.2. The van der Waals surface area contributed by atoms with Gasteiger partial charge in [-0.1, -0.05) is 0 Å². The molecule has 0 spiro atoms. The van der Waals surface area contributed by atoms with Gasteiger partial charge in [-0.3, -0.25) is 4.79 Å². The Kier molecular flexibility index (Phi) is 3.74. The molecule has 0 N–H and O–H groups in total. The number of nitrogens with zero attached hydrogens (tertiary/aromatic N) is 1. The standard InChI is InChI=1S/C7H12ClNO4S/c1-13-7(10)6-3-2-4-9(6)14(11,12)5-8/h6H,2-5H2,1H3. The van der Waals surface area contributed by atoms with E-state index < -0.39 is 27.2 Å². The highest BCUT2D eigenvalue weighted by molar-refractivity contribution is 7.90. The first-order valence-corrected chi connectivity index (χ1v) is 6.30. The molecule has 82 valence electrons. The molecule has 0 aromatic rings. The Morgan fingerprint density at radius 1 is 1.64 bits per heavy atom. The molecule has 1 aliphatic heterocycles. The van der Waals surface area contributed by atoms with E-state index in [0.29, 0.717) is 19.4 Å². The number of methoxy groups -OCH3 is 1. The molecule has 14 heavy (non-hydrogen) atoms. The molecule has 1 fully saturated rings. The van der Waals surface area contributed by atoms with Crippen LogP contribution < -0.4 is 0 Å². The fourth-order valence-corrected chi connectivity index (χ4v) is 3.00. The zero-order chi connectivity index (χ0) is 10.8. The summed E-state index contributed by atoms with van der Waals surface area (Å²) in [5.74, 6) is -0.517. The van der Waals surface area contributed by atoms with Gasteiger partial charge in [0, 0.05) is 6.54 Å². The van der Waals surface area contributed by atoms with Gasteiger partial charge < -0.3 is 4.74 Å². The first-order valence-electron chi connectivity index (χ1n) is 4.16. The SMILES string of the molecule is COC(=O)C1CCCN1S(=O)(=O)CCl. The lowest BCUT2D eigenvalue weighted by Gasteiger charge is -2.20. The van der Waals surface area contributed by atoms with Crippen LogP contribution in [0.4, 0.5) is 0 Å². The van der Waals surface area contributed by atoms with Crippen molar-refractivity contribution in [1.29, 1.82) is 0 Å². The molecule has 0 aliphatic carbocycles. The van der Waals surface area contributed by atoms with Crippen LogP contribution in [0.1, 0.15) is 12.8 Å². The third-order valence-corrected chi connectivity index (χ3v) is 4.43. The van der Waals surface area contributed by atoms with E-state index in [9.17, 15) is 13.2 Å². The maximum Gasteiger partial charge on any atom is 0.324 e. The number of hydrogen-bond acceptors (Lipinski definition) is 4. The van der Waals surface area contributed by atoms with E-state index in [2.05, 4.69) is 4.74 Å². The van der Waals surface area contributed by atoms with Gasteiger partial charge in [0.2, 0.25) is 10.0 Å². The number of carbonyl (C=O) groups is 1. The lowest BCUT2D eigenvalue weighted by Crippen LogP contribution is -2.41. The van der Waals surface area contributed by atoms with E-state index >= 15 is 0 Å². The average molecular weight is 242 g/mol. The van der Waals surface area contributed by atoms with Crippen LogP contribution >= 0.6 is 11.6 Å². The summed E-state index contributed by atoms with van der Waals surface area (Å²) < 4.78 is 28.5. The van der Waals surface area contributed by atoms with Gasteiger partial charge in [-0.2, -0.15) is 4.31 Å². The van der Waals surface area contributed by atoms with Crippen molar-refractivity contribution in [1.82, 2.24) is 4.31 Å². The smallest absolute Gasteiger partial charge is 0.324 e. The van der Waals surface area contributed by atoms with Gasteiger partial charge >= 0.3 is 5.97 Å². The van der Waals surface area contributed by atoms with E-state index in [1.54, 1.807) is 0 Å². The molecule has 0 saturated carbocycles. The van der Waals surface area contributed by atoms with Gasteiger partial charge in [0.05, 0.1) is 7.11 Å². The molecule has 1 unspecified atom stereocenters. The Labute approximate surface area is 88.0 Å². The highest BCUT2D eigenvalue weighted by atomic mass is 35.5. The summed E-state index contributed by atoms with van der Waals surface area (Å²) in [6.45, 7) is 0.342. The van der Waals surface area contributed by atoms with Gasteiger partial charge in [-0.15, -0.1) is 11.6 Å². The van der Waals surface area contributed by atoms with Crippen molar-refractivity contribution in [3.63, 3.8) is 0 Å². The van der Waals surface area contributed by atoms with Crippen molar-refractivity contribution in [2.75, 3.05) is 18.9 Å². The van der Waals surface area contributed by atoms with Crippen LogP contribution in [-0.2, 0) is 19.6 Å². The topological polar surface area (TPSA) is 63.7 Å². The molecule has 1 atom stereocenters. The molecule has 1 heterocycles. The first-order chi connectivity index (χ1) is 6.53. The largest absolute Gasteiger partial charge is 0.468 e. The molecule has 5 nitrogen and oxygen atoms in total. The monoisotopic (exact) mass is 241 g/mol. The zero-order valence-corrected chi connectivity index (χ0v) is 9.34. The fourth-order valence-electron chi connectivity index (χ4n) is 1.51. The molecular formula is C7H12ClNO4S. The van der Waals surface area contributed by atoms with Gasteiger partial charge in [-0.25, -0.2) is 8.42 Å². The van der Waals surface area contributed by atoms with Gasteiger partial charge in [0.1, 0.15) is 11.3 Å². The van der Waals surface area contributed by atoms with Crippen LogP contribution in [0.15, 0.2) is 0 Å². The summed E-state index contributed by atoms with van der Waals surface area (Å²) >= 11 is 5.30. The van der Waals surface area contributed by atoms with Crippen molar-refractivity contribution in [3.05, 3.63) is 0 Å². The Bertz CT molecular complexity index is 316. The molecule has 1 rings (SSSR count). The molecule has 1 saturated heterocycles. The van der Waals surface area contributed by atoms with Crippen LogP contribution in [0.25, 0.3) is 0 Å². The number of sulfonamides is 1. The molecule has 0 radical (unpaired) electrons. The molecular weight excluding hydrogens is 230 g/mol. The molecule has 7 heteroatoms. The second-order valence-corrected chi connectivity index (χ2v) is 5.52. The third-order valence-electron chi connectivity index (χ3n) is 2.17. The Balaban J connectivity index is 2.84. The summed E-state index contributed by atoms with van der Waals surface area (Å²) in [7, 11) is -2.26. The number of esters is 1. The summed E-state index contributed by atoms with van der Waals surface area (Å²) in [5.41, 5.74) is 0. The van der Waals surface area contributed by atoms with Crippen LogP contribution in [0.5, 0.6) is 0 Å². The minimum Gasteiger partial charge on any atom is -0.468 e. The van der Waals surface area contributed by atoms with Gasteiger partial charge in [0.15, 0.2) is 0 Å². The van der Waals surface area contributed by atoms with E-state index in [-0.39, 0.29) is 0 Å². The highest BCUT2D eigenvalue weighted by Crippen LogP contribution is 2.22. The Hall–Kier alpha value is -0.330. The lowest BCUT2D eigenvalue weighted by molar-refractivity contribution is -0.144. The molecule has 0 bridgehead atoms. The molecule has 0 amide bonds. The molecule has 1 aliphatic rings. The maximum absolute atomic E-state index is 11.4. The molecule has 0 aromatic heterocycles. The normalized spacial score (nSPS) is 23.7. The van der Waals surface area contributed by atoms with E-state index in [0.717, 1.165) is 4.31 Å². The van der Waals surface area contributed by atoms with Crippen molar-refractivity contribution in [2.24, 2.45) is 0 Å². The number of ether oxygens (including phenoxy) is 1. The number of carbonyl (C=O) groups excluding carboxylic acids is 1. The Morgan fingerprint density at radius 3 is 2.79 bits per heavy atom. The summed E-state index contributed by atoms with van der Waals surface area (Å²) in [6.07, 6.45) is 1.17. The molecule has 0 aromatic carbocycles. The number of hydrogen-bond donors (Lipinski definition) is 0. The number of alkyl halides is 1. The lowest BCUT2D eigenvalue weighted by atomic mass is 10.2. The Morgan fingerprint density at radius 2 is 2.29 bits per heavy atom. The second-order valence-electron chi connectivity index (χ2n) is 3.01. The predicted octanol–water partition coefficient (Wildman–Crippen LogP) is 0.150. The van der Waals surface area contributed by atoms with Crippen molar-refractivity contribution in [3.8, 4) is 0 Å².